The first-order chi connectivity index (χ1) is 17.3. The Morgan fingerprint density at radius 1 is 1.06 bits per heavy atom. The number of ether oxygens (including phenoxy) is 1. The van der Waals surface area contributed by atoms with Gasteiger partial charge in [0, 0.05) is 31.5 Å². The normalized spacial score (nSPS) is 18.8. The fourth-order valence-corrected chi connectivity index (χ4v) is 5.86. The zero-order valence-electron chi connectivity index (χ0n) is 19.9. The van der Waals surface area contributed by atoms with Crippen molar-refractivity contribution < 1.29 is 22.3 Å². The van der Waals surface area contributed by atoms with Crippen LogP contribution >= 0.6 is 0 Å². The summed E-state index contributed by atoms with van der Waals surface area (Å²) in [5, 5.41) is 3.18. The number of hydrogen-bond donors (Lipinski definition) is 1. The molecule has 1 aromatic heterocycles. The van der Waals surface area contributed by atoms with Crippen molar-refractivity contribution in [2.24, 2.45) is 0 Å². The summed E-state index contributed by atoms with van der Waals surface area (Å²) in [5.74, 6) is 0.507. The Labute approximate surface area is 209 Å². The molecule has 0 saturated carbocycles. The number of rotatable bonds is 5. The predicted molar refractivity (Wildman–Crippen MR) is 135 cm³/mol. The molecular formula is C25H26FN5O4S. The van der Waals surface area contributed by atoms with Crippen LogP contribution in [-0.2, 0) is 19.6 Å². The Morgan fingerprint density at radius 2 is 1.78 bits per heavy atom. The van der Waals surface area contributed by atoms with Gasteiger partial charge in [-0.25, -0.2) is 17.8 Å². The molecule has 36 heavy (non-hydrogen) atoms. The Bertz CT molecular complexity index is 1390. The molecule has 1 atom stereocenters. The number of carbonyl (C=O) groups excluding carboxylic acids is 1. The van der Waals surface area contributed by atoms with Crippen molar-refractivity contribution in [2.75, 3.05) is 48.5 Å². The number of halogens is 1. The van der Waals surface area contributed by atoms with Gasteiger partial charge in [0.25, 0.3) is 0 Å². The number of nitrogens with one attached hydrogen (secondary N) is 1. The van der Waals surface area contributed by atoms with Gasteiger partial charge in [0.2, 0.25) is 15.9 Å². The lowest BCUT2D eigenvalue weighted by Gasteiger charge is -2.39. The van der Waals surface area contributed by atoms with Gasteiger partial charge in [-0.2, -0.15) is 4.31 Å². The summed E-state index contributed by atoms with van der Waals surface area (Å²) in [6, 6.07) is 15.4. The average molecular weight is 512 g/mol. The molecule has 5 rings (SSSR count). The number of sulfonamides is 1. The van der Waals surface area contributed by atoms with Gasteiger partial charge >= 0.3 is 0 Å². The number of morpholine rings is 1. The maximum Gasteiger partial charge on any atom is 0.249 e. The second kappa shape index (κ2) is 9.49. The topological polar surface area (TPSA) is 95.1 Å². The number of fused-ring (bicyclic) bond motifs is 1. The van der Waals surface area contributed by atoms with Gasteiger partial charge < -0.3 is 19.9 Å². The number of nitrogens with zero attached hydrogens (tertiary/aromatic N) is 4. The molecule has 11 heteroatoms. The van der Waals surface area contributed by atoms with E-state index >= 15 is 0 Å². The molecule has 0 aliphatic carbocycles. The van der Waals surface area contributed by atoms with Crippen LogP contribution in [0.2, 0.25) is 0 Å². The molecule has 3 aromatic rings. The number of amides is 1. The minimum absolute atomic E-state index is 0.115. The number of benzene rings is 2. The smallest absolute Gasteiger partial charge is 0.249 e. The maximum absolute atomic E-state index is 13.6. The van der Waals surface area contributed by atoms with E-state index in [1.54, 1.807) is 72.3 Å². The molecule has 1 fully saturated rings. The van der Waals surface area contributed by atoms with Crippen LogP contribution in [0.4, 0.5) is 33.1 Å². The van der Waals surface area contributed by atoms with Crippen molar-refractivity contribution in [3.05, 3.63) is 66.5 Å². The van der Waals surface area contributed by atoms with Crippen molar-refractivity contribution >= 4 is 44.6 Å². The summed E-state index contributed by atoms with van der Waals surface area (Å²) >= 11 is 0. The number of aromatic nitrogens is 1. The first kappa shape index (κ1) is 24.2. The second-order valence-corrected chi connectivity index (χ2v) is 10.6. The predicted octanol–water partition coefficient (Wildman–Crippen LogP) is 3.49. The third-order valence-corrected chi connectivity index (χ3v) is 8.23. The standard InChI is InChI=1S/C25H26FN5O4S/c1-17-25(32)29(2)22-10-11-23(28-24(22)31(17)20-8-6-18(26)7-9-20)27-19-4-3-5-21(16-19)36(33,34)30-12-14-35-15-13-30/h3-11,16-17H,12-15H2,1-2H3,(H,27,28)/t17-/m1/s1. The highest BCUT2D eigenvalue weighted by Crippen LogP contribution is 2.40. The van der Waals surface area contributed by atoms with Crippen molar-refractivity contribution in [3.63, 3.8) is 0 Å². The van der Waals surface area contributed by atoms with E-state index in [9.17, 15) is 17.6 Å². The van der Waals surface area contributed by atoms with Crippen LogP contribution in [0.3, 0.4) is 0 Å². The van der Waals surface area contributed by atoms with E-state index in [0.29, 0.717) is 55.0 Å². The molecule has 0 spiro atoms. The zero-order valence-corrected chi connectivity index (χ0v) is 20.7. The summed E-state index contributed by atoms with van der Waals surface area (Å²) in [6.45, 7) is 3.14. The van der Waals surface area contributed by atoms with Gasteiger partial charge in [0.15, 0.2) is 5.82 Å². The Morgan fingerprint density at radius 3 is 2.50 bits per heavy atom. The highest BCUT2D eigenvalue weighted by molar-refractivity contribution is 7.89. The van der Waals surface area contributed by atoms with Crippen molar-refractivity contribution in [1.82, 2.24) is 9.29 Å². The Balaban J connectivity index is 1.48. The van der Waals surface area contributed by atoms with Crippen LogP contribution in [0.1, 0.15) is 6.92 Å². The van der Waals surface area contributed by atoms with E-state index in [-0.39, 0.29) is 16.6 Å². The van der Waals surface area contributed by atoms with Crippen LogP contribution in [-0.4, -0.2) is 63.0 Å². The molecule has 3 heterocycles. The minimum Gasteiger partial charge on any atom is -0.379 e. The van der Waals surface area contributed by atoms with Crippen molar-refractivity contribution in [1.29, 1.82) is 0 Å². The van der Waals surface area contributed by atoms with E-state index in [2.05, 4.69) is 5.32 Å². The van der Waals surface area contributed by atoms with Crippen molar-refractivity contribution in [3.8, 4) is 0 Å². The molecule has 2 aromatic carbocycles. The number of likely N-dealkylation sites (N-methyl/N-ethyl adjacent to an activating group) is 1. The summed E-state index contributed by atoms with van der Waals surface area (Å²) in [7, 11) is -1.96. The first-order valence-corrected chi connectivity index (χ1v) is 13.0. The van der Waals surface area contributed by atoms with Crippen LogP contribution in [0.5, 0.6) is 0 Å². The molecular weight excluding hydrogens is 485 g/mol. The molecule has 188 valence electrons. The maximum atomic E-state index is 13.6. The fourth-order valence-electron chi connectivity index (χ4n) is 4.41. The van der Waals surface area contributed by atoms with E-state index in [4.69, 9.17) is 9.72 Å². The number of anilines is 5. The van der Waals surface area contributed by atoms with Gasteiger partial charge in [0.1, 0.15) is 17.7 Å². The molecule has 0 unspecified atom stereocenters. The van der Waals surface area contributed by atoms with Crippen LogP contribution < -0.4 is 15.1 Å². The molecule has 2 aliphatic rings. The average Bonchev–Trinajstić information content (AvgIpc) is 2.89. The lowest BCUT2D eigenvalue weighted by atomic mass is 10.1. The van der Waals surface area contributed by atoms with Gasteiger partial charge in [-0.05, 0) is 61.5 Å². The summed E-state index contributed by atoms with van der Waals surface area (Å²) in [4.78, 5) is 21.1. The molecule has 0 radical (unpaired) electrons. The fraction of sp³-hybridized carbons (Fsp3) is 0.280. The van der Waals surface area contributed by atoms with Crippen molar-refractivity contribution in [2.45, 2.75) is 17.9 Å². The lowest BCUT2D eigenvalue weighted by Crippen LogP contribution is -2.49. The molecule has 0 bridgehead atoms. The zero-order chi connectivity index (χ0) is 25.4. The largest absolute Gasteiger partial charge is 0.379 e. The third-order valence-electron chi connectivity index (χ3n) is 6.34. The second-order valence-electron chi connectivity index (χ2n) is 8.63. The summed E-state index contributed by atoms with van der Waals surface area (Å²) < 4.78 is 46.4. The van der Waals surface area contributed by atoms with Crippen LogP contribution in [0.25, 0.3) is 0 Å². The number of hydrogen-bond acceptors (Lipinski definition) is 7. The molecule has 1 saturated heterocycles. The Hall–Kier alpha value is -3.54. The molecule has 9 nitrogen and oxygen atoms in total. The minimum atomic E-state index is -3.65. The van der Waals surface area contributed by atoms with E-state index in [1.165, 1.54) is 16.4 Å². The molecule has 1 amide bonds. The van der Waals surface area contributed by atoms with Crippen LogP contribution in [0, 0.1) is 5.82 Å². The molecule has 2 aliphatic heterocycles. The quantitative estimate of drug-likeness (QED) is 0.560. The SMILES string of the molecule is C[C@@H]1C(=O)N(C)c2ccc(Nc3cccc(S(=O)(=O)N4CCOCC4)c3)nc2N1c1ccc(F)cc1. The number of pyridine rings is 1. The van der Waals surface area contributed by atoms with E-state index < -0.39 is 16.1 Å². The summed E-state index contributed by atoms with van der Waals surface area (Å²) in [5.41, 5.74) is 1.80. The third kappa shape index (κ3) is 4.41. The first-order valence-electron chi connectivity index (χ1n) is 11.5. The van der Waals surface area contributed by atoms with E-state index in [1.807, 2.05) is 0 Å². The van der Waals surface area contributed by atoms with Crippen LogP contribution in [0.15, 0.2) is 65.6 Å². The van der Waals surface area contributed by atoms with E-state index in [0.717, 1.165) is 0 Å². The number of carbonyl (C=O) groups is 1. The lowest BCUT2D eigenvalue weighted by molar-refractivity contribution is -0.119. The highest BCUT2D eigenvalue weighted by Gasteiger charge is 2.36. The van der Waals surface area contributed by atoms with Gasteiger partial charge in [-0.3, -0.25) is 4.79 Å². The van der Waals surface area contributed by atoms with Gasteiger partial charge in [-0.1, -0.05) is 6.07 Å². The summed E-state index contributed by atoms with van der Waals surface area (Å²) in [6.07, 6.45) is 0. The molecule has 1 N–H and O–H groups in total. The van der Waals surface area contributed by atoms with Gasteiger partial charge in [-0.15, -0.1) is 0 Å². The monoisotopic (exact) mass is 511 g/mol. The Kier molecular flexibility index (Phi) is 6.37. The highest BCUT2D eigenvalue weighted by atomic mass is 32.2. The van der Waals surface area contributed by atoms with Gasteiger partial charge in [0.05, 0.1) is 23.8 Å².